The van der Waals surface area contributed by atoms with Crippen molar-refractivity contribution in [3.05, 3.63) is 75.1 Å². The van der Waals surface area contributed by atoms with Crippen molar-refractivity contribution in [1.29, 1.82) is 0 Å². The van der Waals surface area contributed by atoms with Crippen molar-refractivity contribution in [1.82, 2.24) is 9.55 Å². The van der Waals surface area contributed by atoms with Crippen LogP contribution in [0.4, 0.5) is 11.4 Å². The molecule has 0 saturated heterocycles. The van der Waals surface area contributed by atoms with E-state index in [9.17, 15) is 14.4 Å². The topological polar surface area (TPSA) is 112 Å². The van der Waals surface area contributed by atoms with E-state index in [1.54, 1.807) is 25.1 Å². The quantitative estimate of drug-likeness (QED) is 0.404. The lowest BCUT2D eigenvalue weighted by molar-refractivity contribution is -0.116. The molecule has 0 unspecified atom stereocenters. The van der Waals surface area contributed by atoms with Gasteiger partial charge in [0.25, 0.3) is 11.5 Å². The Kier molecular flexibility index (Phi) is 6.83. The number of nitrogens with zero attached hydrogens (tertiary/aromatic N) is 2. The van der Waals surface area contributed by atoms with E-state index >= 15 is 0 Å². The van der Waals surface area contributed by atoms with Gasteiger partial charge in [0.1, 0.15) is 11.4 Å². The van der Waals surface area contributed by atoms with E-state index in [4.69, 9.17) is 9.47 Å². The monoisotopic (exact) mass is 492 g/mol. The minimum atomic E-state index is -0.411. The van der Waals surface area contributed by atoms with E-state index in [-0.39, 0.29) is 18.0 Å². The molecule has 4 rings (SSSR count). The SMILES string of the molecule is COc1ccc(NC(=O)Cn2cnc3sc(C(=O)Nc4ccccc4C)c(C)c3c2=O)cc1OC. The van der Waals surface area contributed by atoms with Crippen LogP contribution in [-0.2, 0) is 11.3 Å². The highest BCUT2D eigenvalue weighted by Gasteiger charge is 2.20. The number of benzene rings is 2. The van der Waals surface area contributed by atoms with E-state index in [1.165, 1.54) is 25.1 Å². The molecule has 2 aromatic carbocycles. The number of hydrogen-bond donors (Lipinski definition) is 2. The molecular weight excluding hydrogens is 468 g/mol. The van der Waals surface area contributed by atoms with Crippen LogP contribution in [0.3, 0.4) is 0 Å². The molecule has 180 valence electrons. The van der Waals surface area contributed by atoms with Gasteiger partial charge in [-0.3, -0.25) is 19.0 Å². The van der Waals surface area contributed by atoms with Gasteiger partial charge in [0.15, 0.2) is 11.5 Å². The third-order valence-electron chi connectivity index (χ3n) is 5.50. The van der Waals surface area contributed by atoms with Crippen molar-refractivity contribution in [2.75, 3.05) is 24.9 Å². The zero-order chi connectivity index (χ0) is 25.1. The second kappa shape index (κ2) is 9.98. The number of methoxy groups -OCH3 is 2. The Bertz CT molecular complexity index is 1490. The largest absolute Gasteiger partial charge is 0.493 e. The summed E-state index contributed by atoms with van der Waals surface area (Å²) in [6.07, 6.45) is 1.32. The first kappa shape index (κ1) is 24.0. The molecule has 0 saturated carbocycles. The lowest BCUT2D eigenvalue weighted by Crippen LogP contribution is -2.28. The number of ether oxygens (including phenoxy) is 2. The summed E-state index contributed by atoms with van der Waals surface area (Å²) >= 11 is 1.15. The summed E-state index contributed by atoms with van der Waals surface area (Å²) in [7, 11) is 3.03. The van der Waals surface area contributed by atoms with Crippen molar-refractivity contribution >= 4 is 44.7 Å². The summed E-state index contributed by atoms with van der Waals surface area (Å²) in [6, 6.07) is 12.4. The molecular formula is C25H24N4O5S. The van der Waals surface area contributed by atoms with Crippen LogP contribution >= 0.6 is 11.3 Å². The first-order valence-electron chi connectivity index (χ1n) is 10.7. The number of amides is 2. The highest BCUT2D eigenvalue weighted by molar-refractivity contribution is 7.20. The first-order chi connectivity index (χ1) is 16.8. The molecule has 2 amide bonds. The van der Waals surface area contributed by atoms with Gasteiger partial charge in [-0.2, -0.15) is 0 Å². The maximum atomic E-state index is 13.2. The lowest BCUT2D eigenvalue weighted by atomic mass is 10.2. The molecule has 0 aliphatic rings. The summed E-state index contributed by atoms with van der Waals surface area (Å²) in [6.45, 7) is 3.37. The number of carbonyl (C=O) groups excluding carboxylic acids is 2. The average molecular weight is 493 g/mol. The summed E-state index contributed by atoms with van der Waals surface area (Å²) in [5.74, 6) is 0.283. The molecule has 10 heteroatoms. The smallest absolute Gasteiger partial charge is 0.266 e. The third-order valence-corrected chi connectivity index (χ3v) is 6.70. The Hall–Kier alpha value is -4.18. The van der Waals surface area contributed by atoms with E-state index in [0.717, 1.165) is 16.9 Å². The van der Waals surface area contributed by atoms with Gasteiger partial charge in [0, 0.05) is 17.4 Å². The third kappa shape index (κ3) is 4.87. The van der Waals surface area contributed by atoms with Crippen molar-refractivity contribution in [2.24, 2.45) is 0 Å². The number of thiophene rings is 1. The summed E-state index contributed by atoms with van der Waals surface area (Å²) in [5.41, 5.74) is 2.27. The highest BCUT2D eigenvalue weighted by Crippen LogP contribution is 2.30. The number of rotatable bonds is 7. The van der Waals surface area contributed by atoms with E-state index in [2.05, 4.69) is 15.6 Å². The Morgan fingerprint density at radius 3 is 2.49 bits per heavy atom. The van der Waals surface area contributed by atoms with E-state index in [1.807, 2.05) is 31.2 Å². The molecule has 2 N–H and O–H groups in total. The molecule has 4 aromatic rings. The lowest BCUT2D eigenvalue weighted by Gasteiger charge is -2.11. The standard InChI is InChI=1S/C25H24N4O5S/c1-14-7-5-6-8-17(14)28-23(31)22-15(2)21-24(35-22)26-13-29(25(21)32)12-20(30)27-16-9-10-18(33-3)19(11-16)34-4/h5-11,13H,12H2,1-4H3,(H,27,30)(H,28,31). The van der Waals surface area contributed by atoms with E-state index in [0.29, 0.717) is 43.5 Å². The summed E-state index contributed by atoms with van der Waals surface area (Å²) < 4.78 is 11.7. The van der Waals surface area contributed by atoms with Crippen molar-refractivity contribution < 1.29 is 19.1 Å². The maximum absolute atomic E-state index is 13.2. The predicted molar refractivity (Wildman–Crippen MR) is 136 cm³/mol. The van der Waals surface area contributed by atoms with Gasteiger partial charge < -0.3 is 20.1 Å². The van der Waals surface area contributed by atoms with Crippen molar-refractivity contribution in [3.8, 4) is 11.5 Å². The summed E-state index contributed by atoms with van der Waals surface area (Å²) in [4.78, 5) is 43.9. The van der Waals surface area contributed by atoms with Crippen LogP contribution < -0.4 is 25.7 Å². The maximum Gasteiger partial charge on any atom is 0.266 e. The number of hydrogen-bond acceptors (Lipinski definition) is 7. The number of aromatic nitrogens is 2. The van der Waals surface area contributed by atoms with Crippen LogP contribution in [0.15, 0.2) is 53.6 Å². The van der Waals surface area contributed by atoms with E-state index < -0.39 is 5.91 Å². The number of para-hydroxylation sites is 1. The average Bonchev–Trinajstić information content (AvgIpc) is 3.19. The van der Waals surface area contributed by atoms with Crippen LogP contribution in [0.2, 0.25) is 0 Å². The first-order valence-corrected chi connectivity index (χ1v) is 11.5. The van der Waals surface area contributed by atoms with Crippen LogP contribution in [-0.4, -0.2) is 35.6 Å². The molecule has 0 aliphatic carbocycles. The molecule has 2 aromatic heterocycles. The van der Waals surface area contributed by atoms with Crippen LogP contribution in [0.25, 0.3) is 10.2 Å². The van der Waals surface area contributed by atoms with Gasteiger partial charge in [-0.25, -0.2) is 4.98 Å². The number of aryl methyl sites for hydroxylation is 2. The van der Waals surface area contributed by atoms with Gasteiger partial charge in [0.05, 0.1) is 30.8 Å². The fraction of sp³-hybridized carbons (Fsp3) is 0.200. The zero-order valence-electron chi connectivity index (χ0n) is 19.7. The molecule has 0 fully saturated rings. The van der Waals surface area contributed by atoms with Crippen LogP contribution in [0.1, 0.15) is 20.8 Å². The fourth-order valence-corrected chi connectivity index (χ4v) is 4.68. The molecule has 0 bridgehead atoms. The van der Waals surface area contributed by atoms with Gasteiger partial charge in [-0.15, -0.1) is 11.3 Å². The molecule has 0 aliphatic heterocycles. The molecule has 2 heterocycles. The summed E-state index contributed by atoms with van der Waals surface area (Å²) in [5, 5.41) is 5.96. The Balaban J connectivity index is 1.56. The molecule has 0 spiro atoms. The number of anilines is 2. The molecule has 35 heavy (non-hydrogen) atoms. The Morgan fingerprint density at radius 2 is 1.77 bits per heavy atom. The minimum absolute atomic E-state index is 0.240. The van der Waals surface area contributed by atoms with Gasteiger partial charge in [0.2, 0.25) is 5.91 Å². The van der Waals surface area contributed by atoms with Crippen LogP contribution in [0.5, 0.6) is 11.5 Å². The number of nitrogens with one attached hydrogen (secondary N) is 2. The van der Waals surface area contributed by atoms with Crippen LogP contribution in [0, 0.1) is 13.8 Å². The van der Waals surface area contributed by atoms with Gasteiger partial charge in [-0.05, 0) is 43.2 Å². The second-order valence-corrected chi connectivity index (χ2v) is 8.80. The predicted octanol–water partition coefficient (Wildman–Crippen LogP) is 3.98. The molecule has 9 nitrogen and oxygen atoms in total. The fourth-order valence-electron chi connectivity index (χ4n) is 3.65. The Morgan fingerprint density at radius 1 is 1.03 bits per heavy atom. The minimum Gasteiger partial charge on any atom is -0.493 e. The van der Waals surface area contributed by atoms with Crippen molar-refractivity contribution in [3.63, 3.8) is 0 Å². The second-order valence-electron chi connectivity index (χ2n) is 7.80. The van der Waals surface area contributed by atoms with Gasteiger partial charge >= 0.3 is 0 Å². The number of carbonyl (C=O) groups is 2. The van der Waals surface area contributed by atoms with Gasteiger partial charge in [-0.1, -0.05) is 18.2 Å². The molecule has 0 atom stereocenters. The number of fused-ring (bicyclic) bond motifs is 1. The molecule has 0 radical (unpaired) electrons. The Labute approximate surface area is 205 Å². The highest BCUT2D eigenvalue weighted by atomic mass is 32.1. The zero-order valence-corrected chi connectivity index (χ0v) is 20.5. The van der Waals surface area contributed by atoms with Crippen molar-refractivity contribution in [2.45, 2.75) is 20.4 Å². The normalized spacial score (nSPS) is 10.7.